The van der Waals surface area contributed by atoms with Gasteiger partial charge in [-0.2, -0.15) is 0 Å². The van der Waals surface area contributed by atoms with Crippen LogP contribution in [0.15, 0.2) is 76.4 Å². The maximum atomic E-state index is 14.2. The van der Waals surface area contributed by atoms with Crippen molar-refractivity contribution < 1.29 is 22.5 Å². The van der Waals surface area contributed by atoms with E-state index < -0.39 is 16.0 Å². The van der Waals surface area contributed by atoms with Gasteiger partial charge in [-0.25, -0.2) is 22.2 Å². The number of carbonyl (C=O) groups is 1. The molecule has 2 aromatic carbocycles. The molecule has 0 saturated carbocycles. The molecule has 0 fully saturated rings. The molecule has 0 spiro atoms. The number of nitrogens with one attached hydrogen (secondary N) is 1. The lowest BCUT2D eigenvalue weighted by atomic mass is 10.0. The lowest BCUT2D eigenvalue weighted by molar-refractivity contribution is 0.0601. The van der Waals surface area contributed by atoms with Crippen LogP contribution in [0.5, 0.6) is 0 Å². The molecule has 1 N–H and O–H groups in total. The van der Waals surface area contributed by atoms with E-state index in [9.17, 15) is 13.2 Å². The van der Waals surface area contributed by atoms with E-state index in [1.54, 1.807) is 54.9 Å². The Balaban J connectivity index is 1.71. The van der Waals surface area contributed by atoms with E-state index in [0.717, 1.165) is 22.2 Å². The van der Waals surface area contributed by atoms with E-state index in [0.29, 0.717) is 39.0 Å². The molecule has 4 heterocycles. The zero-order valence-electron chi connectivity index (χ0n) is 21.6. The quantitative estimate of drug-likeness (QED) is 0.275. The maximum absolute atomic E-state index is 14.2. The Morgan fingerprint density at radius 2 is 1.74 bits per heavy atom. The summed E-state index contributed by atoms with van der Waals surface area (Å²) in [5, 5.41) is 5.38. The molecule has 10 heteroatoms. The van der Waals surface area contributed by atoms with Crippen molar-refractivity contribution >= 4 is 37.9 Å². The number of nitrogens with zero attached hydrogens (tertiary/aromatic N) is 3. The summed E-state index contributed by atoms with van der Waals surface area (Å²) >= 11 is 0. The van der Waals surface area contributed by atoms with Crippen LogP contribution < -0.4 is 0 Å². The van der Waals surface area contributed by atoms with Crippen LogP contribution in [0.1, 0.15) is 27.4 Å². The lowest BCUT2D eigenvalue weighted by Crippen LogP contribution is -2.14. The molecule has 4 aromatic heterocycles. The summed E-state index contributed by atoms with van der Waals surface area (Å²) in [5.74, 6) is 0.129. The Hall–Kier alpha value is -4.70. The maximum Gasteiger partial charge on any atom is 0.337 e. The lowest BCUT2D eigenvalue weighted by Gasteiger charge is -2.12. The van der Waals surface area contributed by atoms with Crippen molar-refractivity contribution in [2.75, 3.05) is 7.11 Å². The third-order valence-corrected chi connectivity index (χ3v) is 8.62. The Kier molecular flexibility index (Phi) is 5.65. The molecule has 196 valence electrons. The SMILES string of the molecule is COC(=O)c1ccc2[nH]cc(-c3cc4c(-c5c(C)noc5C)ccnc4n3S(=O)(=O)c3ccc(C)cc3)c2c1. The number of aryl methyl sites for hydroxylation is 3. The molecule has 6 rings (SSSR count). The van der Waals surface area contributed by atoms with Crippen LogP contribution in [0.4, 0.5) is 0 Å². The monoisotopic (exact) mass is 540 g/mol. The van der Waals surface area contributed by atoms with Crippen molar-refractivity contribution in [3.05, 3.63) is 89.6 Å². The van der Waals surface area contributed by atoms with Gasteiger partial charge < -0.3 is 14.2 Å². The predicted molar refractivity (Wildman–Crippen MR) is 147 cm³/mol. The number of hydrogen-bond acceptors (Lipinski definition) is 7. The minimum absolute atomic E-state index is 0.131. The third kappa shape index (κ3) is 3.83. The van der Waals surface area contributed by atoms with Crippen LogP contribution in [-0.2, 0) is 14.8 Å². The minimum Gasteiger partial charge on any atom is -0.465 e. The number of methoxy groups -OCH3 is 1. The van der Waals surface area contributed by atoms with Crippen molar-refractivity contribution in [1.29, 1.82) is 0 Å². The molecule has 0 unspecified atom stereocenters. The van der Waals surface area contributed by atoms with Crippen LogP contribution >= 0.6 is 0 Å². The van der Waals surface area contributed by atoms with Gasteiger partial charge in [-0.05, 0) is 68.8 Å². The second-order valence-electron chi connectivity index (χ2n) is 9.36. The number of hydrogen-bond donors (Lipinski definition) is 1. The Morgan fingerprint density at radius 3 is 2.44 bits per heavy atom. The fourth-order valence-electron chi connectivity index (χ4n) is 4.98. The highest BCUT2D eigenvalue weighted by molar-refractivity contribution is 7.90. The van der Waals surface area contributed by atoms with Gasteiger partial charge in [-0.1, -0.05) is 22.9 Å². The van der Waals surface area contributed by atoms with Gasteiger partial charge in [-0.15, -0.1) is 0 Å². The Labute approximate surface area is 224 Å². The number of benzene rings is 2. The highest BCUT2D eigenvalue weighted by Gasteiger charge is 2.28. The molecule has 0 radical (unpaired) electrons. The number of aromatic nitrogens is 4. The van der Waals surface area contributed by atoms with Gasteiger partial charge in [0, 0.05) is 39.8 Å². The zero-order valence-corrected chi connectivity index (χ0v) is 22.5. The van der Waals surface area contributed by atoms with E-state index in [1.807, 2.05) is 32.9 Å². The summed E-state index contributed by atoms with van der Waals surface area (Å²) < 4.78 is 40.1. The van der Waals surface area contributed by atoms with Crippen LogP contribution in [0.25, 0.3) is 44.3 Å². The van der Waals surface area contributed by atoms with Gasteiger partial charge >= 0.3 is 5.97 Å². The highest BCUT2D eigenvalue weighted by Crippen LogP contribution is 2.40. The fraction of sp³-hybridized carbons (Fsp3) is 0.138. The summed E-state index contributed by atoms with van der Waals surface area (Å²) in [6, 6.07) is 15.4. The summed E-state index contributed by atoms with van der Waals surface area (Å²) in [5.41, 5.74) is 5.51. The van der Waals surface area contributed by atoms with Gasteiger partial charge in [0.2, 0.25) is 0 Å². The van der Waals surface area contributed by atoms with Crippen LogP contribution in [0, 0.1) is 20.8 Å². The normalized spacial score (nSPS) is 11.9. The number of H-pyrrole nitrogens is 1. The molecule has 0 aliphatic rings. The average molecular weight is 541 g/mol. The number of fused-ring (bicyclic) bond motifs is 2. The Bertz CT molecular complexity index is 1990. The van der Waals surface area contributed by atoms with Crippen LogP contribution in [0.3, 0.4) is 0 Å². The summed E-state index contributed by atoms with van der Waals surface area (Å²) in [6.07, 6.45) is 3.32. The van der Waals surface area contributed by atoms with E-state index in [1.165, 1.54) is 11.1 Å². The molecule has 0 atom stereocenters. The molecule has 39 heavy (non-hydrogen) atoms. The first-order chi connectivity index (χ1) is 18.7. The van der Waals surface area contributed by atoms with Gasteiger partial charge in [-0.3, -0.25) is 0 Å². The summed E-state index contributed by atoms with van der Waals surface area (Å²) in [6.45, 7) is 5.55. The molecule has 9 nitrogen and oxygen atoms in total. The number of carbonyl (C=O) groups excluding carboxylic acids is 1. The molecule has 0 saturated heterocycles. The molecule has 6 aromatic rings. The first-order valence-corrected chi connectivity index (χ1v) is 13.6. The molecule has 0 aliphatic heterocycles. The van der Waals surface area contributed by atoms with Crippen LogP contribution in [-0.4, -0.2) is 40.6 Å². The van der Waals surface area contributed by atoms with Crippen molar-refractivity contribution in [2.45, 2.75) is 25.7 Å². The van der Waals surface area contributed by atoms with E-state index in [-0.39, 0.29) is 10.5 Å². The molecule has 0 amide bonds. The van der Waals surface area contributed by atoms with Crippen molar-refractivity contribution in [3.8, 4) is 22.4 Å². The molecule has 0 bridgehead atoms. The first kappa shape index (κ1) is 24.6. The molecular formula is C29H24N4O5S. The Morgan fingerprint density at radius 1 is 0.974 bits per heavy atom. The van der Waals surface area contributed by atoms with Crippen molar-refractivity contribution in [2.24, 2.45) is 0 Å². The zero-order chi connectivity index (χ0) is 27.5. The van der Waals surface area contributed by atoms with Gasteiger partial charge in [0.1, 0.15) is 5.76 Å². The number of aromatic amines is 1. The van der Waals surface area contributed by atoms with E-state index in [4.69, 9.17) is 9.26 Å². The van der Waals surface area contributed by atoms with Crippen molar-refractivity contribution in [3.63, 3.8) is 0 Å². The summed E-state index contributed by atoms with van der Waals surface area (Å²) in [4.78, 5) is 20.2. The number of pyridine rings is 1. The largest absolute Gasteiger partial charge is 0.465 e. The van der Waals surface area contributed by atoms with E-state index >= 15 is 0 Å². The summed E-state index contributed by atoms with van der Waals surface area (Å²) in [7, 11) is -2.77. The smallest absolute Gasteiger partial charge is 0.337 e. The second kappa shape index (κ2) is 8.95. The third-order valence-electron chi connectivity index (χ3n) is 6.90. The van der Waals surface area contributed by atoms with Gasteiger partial charge in [0.15, 0.2) is 5.65 Å². The van der Waals surface area contributed by atoms with Gasteiger partial charge in [0.25, 0.3) is 10.0 Å². The number of ether oxygens (including phenoxy) is 1. The van der Waals surface area contributed by atoms with E-state index in [2.05, 4.69) is 15.1 Å². The molecule has 0 aliphatic carbocycles. The standard InChI is InChI=1S/C29H24N4O5S/c1-16-5-8-20(9-6-16)39(35,36)33-26(24-15-31-25-10-7-19(13-22(24)25)29(34)37-4)14-23-21(11-12-30-28(23)33)27-17(2)32-38-18(27)3/h5-15,31H,1-4H3. The first-order valence-electron chi connectivity index (χ1n) is 12.2. The van der Waals surface area contributed by atoms with Crippen molar-refractivity contribution in [1.82, 2.24) is 19.1 Å². The predicted octanol–water partition coefficient (Wildman–Crippen LogP) is 5.79. The number of rotatable bonds is 5. The van der Waals surface area contributed by atoms with Crippen LogP contribution in [0.2, 0.25) is 0 Å². The molecular weight excluding hydrogens is 516 g/mol. The topological polar surface area (TPSA) is 120 Å². The fourth-order valence-corrected chi connectivity index (χ4v) is 6.46. The minimum atomic E-state index is -4.09. The van der Waals surface area contributed by atoms with Gasteiger partial charge in [0.05, 0.1) is 29.0 Å². The number of esters is 1. The highest BCUT2D eigenvalue weighted by atomic mass is 32.2. The average Bonchev–Trinajstić information content (AvgIpc) is 3.62. The second-order valence-corrected chi connectivity index (χ2v) is 11.1.